The molecule has 1 aromatic heterocycles. The molecule has 2 aromatic rings. The third-order valence-electron chi connectivity index (χ3n) is 5.13. The summed E-state index contributed by atoms with van der Waals surface area (Å²) >= 11 is 1.26. The van der Waals surface area contributed by atoms with Gasteiger partial charge in [-0.05, 0) is 56.0 Å². The van der Waals surface area contributed by atoms with E-state index in [0.29, 0.717) is 12.4 Å². The highest BCUT2D eigenvalue weighted by Crippen LogP contribution is 2.40. The summed E-state index contributed by atoms with van der Waals surface area (Å²) < 4.78 is 9.49. The predicted octanol–water partition coefficient (Wildman–Crippen LogP) is 3.66. The largest absolute Gasteiger partial charge is 0.449 e. The van der Waals surface area contributed by atoms with E-state index in [9.17, 15) is 4.79 Å². The van der Waals surface area contributed by atoms with Crippen molar-refractivity contribution >= 4 is 35.9 Å². The van der Waals surface area contributed by atoms with Crippen molar-refractivity contribution in [2.45, 2.75) is 19.3 Å². The Balaban J connectivity index is 0.00000182. The summed E-state index contributed by atoms with van der Waals surface area (Å²) in [7, 11) is 0. The van der Waals surface area contributed by atoms with Gasteiger partial charge in [0.05, 0.1) is 11.5 Å². The quantitative estimate of drug-likeness (QED) is 0.876. The van der Waals surface area contributed by atoms with Gasteiger partial charge in [0.25, 0.3) is 0 Å². The lowest BCUT2D eigenvalue weighted by Crippen LogP contribution is -2.50. The van der Waals surface area contributed by atoms with E-state index in [4.69, 9.17) is 4.74 Å². The number of carbonyl (C=O) groups is 1. The number of aromatic nitrogens is 2. The van der Waals surface area contributed by atoms with Crippen LogP contribution in [0.15, 0.2) is 30.3 Å². The molecule has 1 N–H and O–H groups in total. The topological polar surface area (TPSA) is 67.3 Å². The van der Waals surface area contributed by atoms with Gasteiger partial charge in [-0.2, -0.15) is 0 Å². The van der Waals surface area contributed by atoms with E-state index in [1.54, 1.807) is 0 Å². The third kappa shape index (κ3) is 3.94. The molecule has 8 heteroatoms. The highest BCUT2D eigenvalue weighted by Gasteiger charge is 2.40. The molecule has 3 fully saturated rings. The number of anilines is 1. The number of nitrogens with zero attached hydrogens (tertiary/aromatic N) is 3. The first kappa shape index (κ1) is 18.1. The number of fused-ring (bicyclic) bond motifs is 3. The van der Waals surface area contributed by atoms with Crippen molar-refractivity contribution in [2.75, 3.05) is 31.6 Å². The number of hydrogen-bond acceptors (Lipinski definition) is 6. The number of carbonyl (C=O) groups excluding carboxylic acids is 1. The van der Waals surface area contributed by atoms with Gasteiger partial charge < -0.3 is 9.64 Å². The molecular weight excluding hydrogens is 360 g/mol. The summed E-state index contributed by atoms with van der Waals surface area (Å²) in [5, 5.41) is 6.77. The van der Waals surface area contributed by atoms with Gasteiger partial charge in [-0.3, -0.25) is 5.32 Å². The maximum Gasteiger partial charge on any atom is 0.412 e. The molecule has 0 atom stereocenters. The lowest BCUT2D eigenvalue weighted by molar-refractivity contribution is -0.0190. The summed E-state index contributed by atoms with van der Waals surface area (Å²) in [5.74, 6) is 0.465. The van der Waals surface area contributed by atoms with Crippen molar-refractivity contribution < 1.29 is 9.53 Å². The van der Waals surface area contributed by atoms with Crippen molar-refractivity contribution in [3.05, 3.63) is 30.3 Å². The molecule has 0 saturated carbocycles. The van der Waals surface area contributed by atoms with Crippen molar-refractivity contribution in [1.82, 2.24) is 14.5 Å². The van der Waals surface area contributed by atoms with Crippen LogP contribution in [0.3, 0.4) is 0 Å². The average molecular weight is 381 g/mol. The Morgan fingerprint density at radius 1 is 1.20 bits per heavy atom. The molecule has 0 radical (unpaired) electrons. The van der Waals surface area contributed by atoms with Crippen LogP contribution in [-0.2, 0) is 4.74 Å². The summed E-state index contributed by atoms with van der Waals surface area (Å²) in [4.78, 5) is 15.5. The SMILES string of the molecule is Cl.O=C(Nc1nnsc1-c1ccccc1)OCC12CCN(CC1)CC2. The van der Waals surface area contributed by atoms with Crippen molar-refractivity contribution in [1.29, 1.82) is 0 Å². The molecule has 2 bridgehead atoms. The number of piperidine rings is 3. The summed E-state index contributed by atoms with van der Waals surface area (Å²) in [6, 6.07) is 9.80. The minimum absolute atomic E-state index is 0. The Morgan fingerprint density at radius 3 is 2.56 bits per heavy atom. The second kappa shape index (κ2) is 7.68. The molecule has 1 amide bonds. The number of nitrogens with one attached hydrogen (secondary N) is 1. The van der Waals surface area contributed by atoms with Crippen molar-refractivity contribution in [3.63, 3.8) is 0 Å². The zero-order valence-corrected chi connectivity index (χ0v) is 15.4. The van der Waals surface area contributed by atoms with E-state index < -0.39 is 6.09 Å². The molecule has 134 valence electrons. The summed E-state index contributed by atoms with van der Waals surface area (Å²) in [5.41, 5.74) is 1.16. The van der Waals surface area contributed by atoms with Crippen LogP contribution in [0, 0.1) is 5.41 Å². The fourth-order valence-corrected chi connectivity index (χ4v) is 4.14. The first-order chi connectivity index (χ1) is 11.7. The van der Waals surface area contributed by atoms with Gasteiger partial charge in [0.1, 0.15) is 0 Å². The number of rotatable bonds is 4. The standard InChI is InChI=1S/C17H20N4O2S.ClH/c22-16(23-12-17-6-9-21(10-7-17)11-8-17)18-15-14(24-20-19-15)13-4-2-1-3-5-13;/h1-5H,6-12H2,(H,18,22);1H. The molecule has 0 unspecified atom stereocenters. The van der Waals surface area contributed by atoms with Gasteiger partial charge in [-0.1, -0.05) is 34.8 Å². The van der Waals surface area contributed by atoms with Crippen LogP contribution in [0.5, 0.6) is 0 Å². The Labute approximate surface area is 157 Å². The first-order valence-corrected chi connectivity index (χ1v) is 9.05. The molecule has 3 aliphatic rings. The van der Waals surface area contributed by atoms with E-state index >= 15 is 0 Å². The Morgan fingerprint density at radius 2 is 1.88 bits per heavy atom. The average Bonchev–Trinajstić information content (AvgIpc) is 3.10. The lowest BCUT2D eigenvalue weighted by atomic mass is 9.73. The fourth-order valence-electron chi connectivity index (χ4n) is 3.52. The Kier molecular flexibility index (Phi) is 5.56. The minimum atomic E-state index is -0.442. The van der Waals surface area contributed by atoms with Gasteiger partial charge in [-0.15, -0.1) is 17.5 Å². The van der Waals surface area contributed by atoms with E-state index in [2.05, 4.69) is 19.8 Å². The number of ether oxygens (including phenoxy) is 1. The molecule has 4 heterocycles. The van der Waals surface area contributed by atoms with Crippen LogP contribution in [0.4, 0.5) is 10.6 Å². The lowest BCUT2D eigenvalue weighted by Gasteiger charge is -2.47. The normalized spacial score (nSPS) is 24.4. The highest BCUT2D eigenvalue weighted by atomic mass is 35.5. The van der Waals surface area contributed by atoms with E-state index in [-0.39, 0.29) is 17.8 Å². The van der Waals surface area contributed by atoms with Crippen LogP contribution in [0.1, 0.15) is 19.3 Å². The molecule has 3 saturated heterocycles. The van der Waals surface area contributed by atoms with Crippen LogP contribution >= 0.6 is 23.9 Å². The zero-order chi connectivity index (χ0) is 16.4. The van der Waals surface area contributed by atoms with Gasteiger partial charge in [0, 0.05) is 5.41 Å². The molecular formula is C17H21ClN4O2S. The van der Waals surface area contributed by atoms with E-state index in [0.717, 1.165) is 49.3 Å². The minimum Gasteiger partial charge on any atom is -0.449 e. The van der Waals surface area contributed by atoms with Gasteiger partial charge >= 0.3 is 6.09 Å². The van der Waals surface area contributed by atoms with Crippen molar-refractivity contribution in [2.24, 2.45) is 5.41 Å². The smallest absolute Gasteiger partial charge is 0.412 e. The maximum atomic E-state index is 12.2. The number of amides is 1. The zero-order valence-electron chi connectivity index (χ0n) is 13.8. The highest BCUT2D eigenvalue weighted by molar-refractivity contribution is 7.10. The van der Waals surface area contributed by atoms with Crippen molar-refractivity contribution in [3.8, 4) is 10.4 Å². The van der Waals surface area contributed by atoms with Gasteiger partial charge in [-0.25, -0.2) is 4.79 Å². The second-order valence-corrected chi connectivity index (χ2v) is 7.36. The third-order valence-corrected chi connectivity index (χ3v) is 5.90. The molecule has 1 aromatic carbocycles. The van der Waals surface area contributed by atoms with E-state index in [1.165, 1.54) is 11.5 Å². The molecule has 6 nitrogen and oxygen atoms in total. The molecule has 25 heavy (non-hydrogen) atoms. The number of benzene rings is 1. The number of halogens is 1. The number of hydrogen-bond donors (Lipinski definition) is 1. The van der Waals surface area contributed by atoms with Crippen LogP contribution < -0.4 is 5.32 Å². The first-order valence-electron chi connectivity index (χ1n) is 8.28. The maximum absolute atomic E-state index is 12.2. The van der Waals surface area contributed by atoms with Gasteiger partial charge in [0.15, 0.2) is 5.82 Å². The molecule has 3 aliphatic heterocycles. The van der Waals surface area contributed by atoms with Crippen LogP contribution in [-0.4, -0.2) is 46.8 Å². The van der Waals surface area contributed by atoms with E-state index in [1.807, 2.05) is 30.3 Å². The fraction of sp³-hybridized carbons (Fsp3) is 0.471. The monoisotopic (exact) mass is 380 g/mol. The molecule has 0 aliphatic carbocycles. The summed E-state index contributed by atoms with van der Waals surface area (Å²) in [6.07, 6.45) is 2.91. The second-order valence-electron chi connectivity index (χ2n) is 6.61. The Hall–Kier alpha value is -1.70. The van der Waals surface area contributed by atoms with Gasteiger partial charge in [0.2, 0.25) is 0 Å². The Bertz CT molecular complexity index is 703. The summed E-state index contributed by atoms with van der Waals surface area (Å²) in [6.45, 7) is 3.86. The predicted molar refractivity (Wildman–Crippen MR) is 100 cm³/mol. The molecule has 5 rings (SSSR count). The van der Waals surface area contributed by atoms with Crippen LogP contribution in [0.2, 0.25) is 0 Å². The molecule has 0 spiro atoms. The van der Waals surface area contributed by atoms with Crippen LogP contribution in [0.25, 0.3) is 10.4 Å².